The first-order valence-electron chi connectivity index (χ1n) is 3.45. The molecule has 0 radical (unpaired) electrons. The molecule has 0 heterocycles. The van der Waals surface area contributed by atoms with Crippen LogP contribution in [-0.4, -0.2) is 11.7 Å². The molecule has 0 atom stereocenters. The number of rotatable bonds is 2. The Kier molecular flexibility index (Phi) is 2.94. The largest absolute Gasteiger partial charge is 0.389 e. The van der Waals surface area contributed by atoms with Gasteiger partial charge in [0.15, 0.2) is 0 Å². The lowest BCUT2D eigenvalue weighted by Crippen LogP contribution is -1.82. The highest BCUT2D eigenvalue weighted by Gasteiger charge is 1.93. The van der Waals surface area contributed by atoms with Crippen molar-refractivity contribution < 1.29 is 13.9 Å². The molecule has 1 aromatic rings. The van der Waals surface area contributed by atoms with Gasteiger partial charge < -0.3 is 5.11 Å². The highest BCUT2D eigenvalue weighted by molar-refractivity contribution is 5.50. The third-order valence-corrected chi connectivity index (χ3v) is 1.34. The van der Waals surface area contributed by atoms with Gasteiger partial charge in [-0.05, 0) is 23.8 Å². The van der Waals surface area contributed by atoms with Crippen LogP contribution in [0, 0.1) is 5.82 Å². The molecular formula is C9H8F2O. The zero-order valence-electron chi connectivity index (χ0n) is 6.30. The summed E-state index contributed by atoms with van der Waals surface area (Å²) in [6.45, 7) is -0.628. The summed E-state index contributed by atoms with van der Waals surface area (Å²) < 4.78 is 24.8. The van der Waals surface area contributed by atoms with Gasteiger partial charge in [-0.15, -0.1) is 0 Å². The molecule has 1 N–H and O–H groups in total. The average Bonchev–Trinajstić information content (AvgIpc) is 2.09. The van der Waals surface area contributed by atoms with Crippen molar-refractivity contribution in [3.8, 4) is 0 Å². The summed E-state index contributed by atoms with van der Waals surface area (Å²) in [5.74, 6) is -1.00. The second kappa shape index (κ2) is 3.97. The molecule has 1 rings (SSSR count). The van der Waals surface area contributed by atoms with E-state index in [0.717, 1.165) is 6.08 Å². The molecule has 0 aromatic heterocycles. The predicted molar refractivity (Wildman–Crippen MR) is 42.6 cm³/mol. The van der Waals surface area contributed by atoms with Crippen molar-refractivity contribution in [2.45, 2.75) is 0 Å². The van der Waals surface area contributed by atoms with Gasteiger partial charge in [0.05, 0.1) is 6.61 Å². The molecule has 0 aliphatic carbocycles. The van der Waals surface area contributed by atoms with E-state index in [0.29, 0.717) is 5.56 Å². The Hall–Kier alpha value is -1.22. The topological polar surface area (TPSA) is 20.2 Å². The maximum absolute atomic E-state index is 12.4. The highest BCUT2D eigenvalue weighted by atomic mass is 19.1. The summed E-state index contributed by atoms with van der Waals surface area (Å²) in [5.41, 5.74) is 0.531. The third-order valence-electron chi connectivity index (χ3n) is 1.34. The molecule has 1 aromatic carbocycles. The van der Waals surface area contributed by atoms with Gasteiger partial charge in [0.2, 0.25) is 0 Å². The van der Waals surface area contributed by atoms with Crippen molar-refractivity contribution in [1.29, 1.82) is 0 Å². The van der Waals surface area contributed by atoms with E-state index >= 15 is 0 Å². The SMILES string of the molecule is OC/C(F)=C/c1ccc(F)cc1. The normalized spacial score (nSPS) is 11.8. The number of aliphatic hydroxyl groups excluding tert-OH is 1. The van der Waals surface area contributed by atoms with Crippen LogP contribution in [0.3, 0.4) is 0 Å². The zero-order chi connectivity index (χ0) is 8.97. The third kappa shape index (κ3) is 2.43. The molecule has 3 heteroatoms. The number of benzene rings is 1. The standard InChI is InChI=1S/C9H8F2O/c10-8-3-1-7(2-4-8)5-9(11)6-12/h1-5,12H,6H2/b9-5-. The lowest BCUT2D eigenvalue weighted by Gasteiger charge is -1.93. The van der Waals surface area contributed by atoms with E-state index in [1.165, 1.54) is 24.3 Å². The molecule has 0 unspecified atom stereocenters. The van der Waals surface area contributed by atoms with Crippen LogP contribution < -0.4 is 0 Å². The molecule has 0 saturated heterocycles. The second-order valence-electron chi connectivity index (χ2n) is 2.30. The highest BCUT2D eigenvalue weighted by Crippen LogP contribution is 2.08. The number of aliphatic hydroxyl groups is 1. The minimum absolute atomic E-state index is 0.364. The Morgan fingerprint density at radius 2 is 1.92 bits per heavy atom. The molecule has 0 amide bonds. The van der Waals surface area contributed by atoms with Gasteiger partial charge in [0.1, 0.15) is 11.6 Å². The van der Waals surface area contributed by atoms with Crippen LogP contribution in [0.15, 0.2) is 30.1 Å². The summed E-state index contributed by atoms with van der Waals surface area (Å²) in [5, 5.41) is 8.33. The summed E-state index contributed by atoms with van der Waals surface area (Å²) >= 11 is 0. The molecule has 1 nitrogen and oxygen atoms in total. The molecule has 0 spiro atoms. The molecule has 12 heavy (non-hydrogen) atoms. The number of hydrogen-bond acceptors (Lipinski definition) is 1. The van der Waals surface area contributed by atoms with Gasteiger partial charge in [-0.3, -0.25) is 0 Å². The maximum atomic E-state index is 12.4. The molecule has 0 fully saturated rings. The average molecular weight is 170 g/mol. The van der Waals surface area contributed by atoms with Crippen molar-refractivity contribution >= 4 is 6.08 Å². The molecule has 64 valence electrons. The molecule has 0 aliphatic heterocycles. The first kappa shape index (κ1) is 8.87. The second-order valence-corrected chi connectivity index (χ2v) is 2.30. The van der Waals surface area contributed by atoms with E-state index in [1.807, 2.05) is 0 Å². The fourth-order valence-corrected chi connectivity index (χ4v) is 0.785. The smallest absolute Gasteiger partial charge is 0.126 e. The van der Waals surface area contributed by atoms with Crippen molar-refractivity contribution in [2.75, 3.05) is 6.61 Å². The summed E-state index contributed by atoms with van der Waals surface area (Å²) in [6.07, 6.45) is 1.15. The fourth-order valence-electron chi connectivity index (χ4n) is 0.785. The van der Waals surface area contributed by atoms with Crippen molar-refractivity contribution in [2.24, 2.45) is 0 Å². The lowest BCUT2D eigenvalue weighted by atomic mass is 10.2. The van der Waals surface area contributed by atoms with E-state index in [-0.39, 0.29) is 5.82 Å². The molecule has 0 saturated carbocycles. The fraction of sp³-hybridized carbons (Fsp3) is 0.111. The zero-order valence-corrected chi connectivity index (χ0v) is 6.30. The monoisotopic (exact) mass is 170 g/mol. The quantitative estimate of drug-likeness (QED) is 0.720. The van der Waals surface area contributed by atoms with E-state index in [2.05, 4.69) is 0 Å². The Morgan fingerprint density at radius 1 is 1.33 bits per heavy atom. The van der Waals surface area contributed by atoms with Gasteiger partial charge in [-0.2, -0.15) is 0 Å². The lowest BCUT2D eigenvalue weighted by molar-refractivity contribution is 0.300. The first-order chi connectivity index (χ1) is 5.72. The number of hydrogen-bond donors (Lipinski definition) is 1. The molecule has 0 aliphatic rings. The van der Waals surface area contributed by atoms with Gasteiger partial charge in [-0.25, -0.2) is 8.78 Å². The molecular weight excluding hydrogens is 162 g/mol. The minimum Gasteiger partial charge on any atom is -0.389 e. The summed E-state index contributed by atoms with van der Waals surface area (Å²) in [4.78, 5) is 0. The Labute approximate surface area is 69.0 Å². The van der Waals surface area contributed by atoms with Crippen molar-refractivity contribution in [3.63, 3.8) is 0 Å². The maximum Gasteiger partial charge on any atom is 0.126 e. The Morgan fingerprint density at radius 3 is 2.42 bits per heavy atom. The van der Waals surface area contributed by atoms with Crippen LogP contribution in [0.2, 0.25) is 0 Å². The van der Waals surface area contributed by atoms with E-state index in [1.54, 1.807) is 0 Å². The van der Waals surface area contributed by atoms with Crippen LogP contribution in [0.25, 0.3) is 6.08 Å². The Bertz CT molecular complexity index is 277. The van der Waals surface area contributed by atoms with Crippen molar-refractivity contribution in [1.82, 2.24) is 0 Å². The Balaban J connectivity index is 2.84. The van der Waals surface area contributed by atoms with Crippen LogP contribution in [0.4, 0.5) is 8.78 Å². The minimum atomic E-state index is -0.637. The van der Waals surface area contributed by atoms with Crippen LogP contribution in [-0.2, 0) is 0 Å². The van der Waals surface area contributed by atoms with Gasteiger partial charge in [0, 0.05) is 0 Å². The molecule has 0 bridgehead atoms. The van der Waals surface area contributed by atoms with Crippen LogP contribution in [0.5, 0.6) is 0 Å². The summed E-state index contributed by atoms with van der Waals surface area (Å²) in [6, 6.07) is 5.34. The van der Waals surface area contributed by atoms with Gasteiger partial charge in [-0.1, -0.05) is 12.1 Å². The summed E-state index contributed by atoms with van der Waals surface area (Å²) in [7, 11) is 0. The number of halogens is 2. The predicted octanol–water partition coefficient (Wildman–Crippen LogP) is 2.13. The van der Waals surface area contributed by atoms with Gasteiger partial charge in [0.25, 0.3) is 0 Å². The van der Waals surface area contributed by atoms with Crippen molar-refractivity contribution in [3.05, 3.63) is 41.5 Å². The van der Waals surface area contributed by atoms with Gasteiger partial charge >= 0.3 is 0 Å². The van der Waals surface area contributed by atoms with E-state index < -0.39 is 12.4 Å². The van der Waals surface area contributed by atoms with Crippen LogP contribution in [0.1, 0.15) is 5.56 Å². The first-order valence-corrected chi connectivity index (χ1v) is 3.45. The van der Waals surface area contributed by atoms with E-state index in [4.69, 9.17) is 5.11 Å². The van der Waals surface area contributed by atoms with Crippen LogP contribution >= 0.6 is 0 Å². The van der Waals surface area contributed by atoms with E-state index in [9.17, 15) is 8.78 Å².